The quantitative estimate of drug-likeness (QED) is 0.606. The molecule has 1 N–H and O–H groups in total. The standard InChI is InChI=1S/C23H21N3O4S/c1-17-7-11-19(12-8-17)30-22-6-4-3-5-21(22)25-23(27)16-26(2)31(28,29)20-13-9-18(15-24)10-14-20/h3-14H,16H2,1-2H3,(H,25,27). The van der Waals surface area contributed by atoms with Gasteiger partial charge in [0.05, 0.1) is 28.8 Å². The summed E-state index contributed by atoms with van der Waals surface area (Å²) >= 11 is 0. The highest BCUT2D eigenvalue weighted by molar-refractivity contribution is 7.89. The van der Waals surface area contributed by atoms with Crippen LogP contribution >= 0.6 is 0 Å². The Morgan fingerprint density at radius 1 is 1.03 bits per heavy atom. The molecule has 0 radical (unpaired) electrons. The van der Waals surface area contributed by atoms with Gasteiger partial charge in [-0.05, 0) is 55.5 Å². The zero-order valence-corrected chi connectivity index (χ0v) is 17.9. The molecule has 158 valence electrons. The van der Waals surface area contributed by atoms with E-state index < -0.39 is 15.9 Å². The van der Waals surface area contributed by atoms with Gasteiger partial charge in [-0.25, -0.2) is 8.42 Å². The van der Waals surface area contributed by atoms with Crippen molar-refractivity contribution in [1.82, 2.24) is 4.31 Å². The molecule has 0 atom stereocenters. The lowest BCUT2D eigenvalue weighted by molar-refractivity contribution is -0.116. The summed E-state index contributed by atoms with van der Waals surface area (Å²) in [6.45, 7) is 1.58. The molecule has 0 aromatic heterocycles. The summed E-state index contributed by atoms with van der Waals surface area (Å²) in [6.07, 6.45) is 0. The van der Waals surface area contributed by atoms with Gasteiger partial charge in [0.1, 0.15) is 5.75 Å². The number of rotatable bonds is 7. The summed E-state index contributed by atoms with van der Waals surface area (Å²) in [5, 5.41) is 11.6. The van der Waals surface area contributed by atoms with E-state index in [0.29, 0.717) is 22.7 Å². The molecule has 0 aliphatic carbocycles. The number of ether oxygens (including phenoxy) is 1. The van der Waals surface area contributed by atoms with Crippen molar-refractivity contribution >= 4 is 21.6 Å². The van der Waals surface area contributed by atoms with Crippen LogP contribution in [0.3, 0.4) is 0 Å². The Bertz CT molecular complexity index is 1210. The van der Waals surface area contributed by atoms with Gasteiger partial charge in [-0.2, -0.15) is 9.57 Å². The van der Waals surface area contributed by atoms with E-state index in [1.165, 1.54) is 31.3 Å². The molecule has 0 bridgehead atoms. The van der Waals surface area contributed by atoms with E-state index in [4.69, 9.17) is 10.00 Å². The fourth-order valence-corrected chi connectivity index (χ4v) is 3.88. The van der Waals surface area contributed by atoms with Crippen molar-refractivity contribution < 1.29 is 17.9 Å². The summed E-state index contributed by atoms with van der Waals surface area (Å²) in [5.41, 5.74) is 1.88. The molecule has 0 spiro atoms. The number of nitriles is 1. The van der Waals surface area contributed by atoms with Crippen LogP contribution in [-0.4, -0.2) is 32.2 Å². The number of anilines is 1. The molecule has 7 nitrogen and oxygen atoms in total. The number of nitrogens with zero attached hydrogens (tertiary/aromatic N) is 2. The molecule has 0 aliphatic heterocycles. The molecule has 0 aliphatic rings. The molecule has 0 saturated heterocycles. The van der Waals surface area contributed by atoms with Crippen LogP contribution in [0, 0.1) is 18.3 Å². The zero-order valence-electron chi connectivity index (χ0n) is 17.1. The first-order valence-corrected chi connectivity index (χ1v) is 10.8. The van der Waals surface area contributed by atoms with E-state index in [9.17, 15) is 13.2 Å². The molecule has 8 heteroatoms. The smallest absolute Gasteiger partial charge is 0.243 e. The van der Waals surface area contributed by atoms with Gasteiger partial charge in [0.2, 0.25) is 15.9 Å². The highest BCUT2D eigenvalue weighted by Gasteiger charge is 2.23. The van der Waals surface area contributed by atoms with Crippen LogP contribution < -0.4 is 10.1 Å². The highest BCUT2D eigenvalue weighted by Crippen LogP contribution is 2.29. The number of likely N-dealkylation sites (N-methyl/N-ethyl adjacent to an activating group) is 1. The molecule has 0 heterocycles. The Labute approximate surface area is 181 Å². The number of hydrogen-bond acceptors (Lipinski definition) is 5. The van der Waals surface area contributed by atoms with Crippen LogP contribution in [0.5, 0.6) is 11.5 Å². The van der Waals surface area contributed by atoms with Gasteiger partial charge in [0.25, 0.3) is 0 Å². The topological polar surface area (TPSA) is 99.5 Å². The average Bonchev–Trinajstić information content (AvgIpc) is 2.76. The first-order valence-electron chi connectivity index (χ1n) is 9.39. The Morgan fingerprint density at radius 3 is 2.32 bits per heavy atom. The van der Waals surface area contributed by atoms with E-state index >= 15 is 0 Å². The molecular weight excluding hydrogens is 414 g/mol. The van der Waals surface area contributed by atoms with E-state index in [2.05, 4.69) is 5.32 Å². The third-order valence-corrected chi connectivity index (χ3v) is 6.29. The predicted molar refractivity (Wildman–Crippen MR) is 117 cm³/mol. The first-order chi connectivity index (χ1) is 14.8. The average molecular weight is 436 g/mol. The summed E-state index contributed by atoms with van der Waals surface area (Å²) in [4.78, 5) is 12.5. The number of nitrogens with one attached hydrogen (secondary N) is 1. The van der Waals surface area contributed by atoms with Crippen LogP contribution in [0.4, 0.5) is 5.69 Å². The molecule has 1 amide bonds. The third-order valence-electron chi connectivity index (χ3n) is 4.47. The summed E-state index contributed by atoms with van der Waals surface area (Å²) in [6, 6.07) is 21.8. The molecule has 0 fully saturated rings. The molecule has 3 aromatic rings. The van der Waals surface area contributed by atoms with Crippen molar-refractivity contribution in [2.75, 3.05) is 18.9 Å². The summed E-state index contributed by atoms with van der Waals surface area (Å²) < 4.78 is 32.2. The minimum Gasteiger partial charge on any atom is -0.455 e. The lowest BCUT2D eigenvalue weighted by Gasteiger charge is -2.18. The second-order valence-corrected chi connectivity index (χ2v) is 8.90. The lowest BCUT2D eigenvalue weighted by Crippen LogP contribution is -2.35. The molecule has 0 saturated carbocycles. The number of carbonyl (C=O) groups excluding carboxylic acids is 1. The van der Waals surface area contributed by atoms with Crippen molar-refractivity contribution in [2.24, 2.45) is 0 Å². The lowest BCUT2D eigenvalue weighted by atomic mass is 10.2. The SMILES string of the molecule is Cc1ccc(Oc2ccccc2NC(=O)CN(C)S(=O)(=O)c2ccc(C#N)cc2)cc1. The number of carbonyl (C=O) groups is 1. The van der Waals surface area contributed by atoms with Crippen molar-refractivity contribution in [3.8, 4) is 17.6 Å². The highest BCUT2D eigenvalue weighted by atomic mass is 32.2. The Morgan fingerprint density at radius 2 is 1.68 bits per heavy atom. The largest absolute Gasteiger partial charge is 0.455 e. The third kappa shape index (κ3) is 5.48. The Kier molecular flexibility index (Phi) is 6.70. The van der Waals surface area contributed by atoms with Gasteiger partial charge < -0.3 is 10.1 Å². The van der Waals surface area contributed by atoms with Crippen LogP contribution in [0.25, 0.3) is 0 Å². The molecule has 3 aromatic carbocycles. The number of hydrogen-bond donors (Lipinski definition) is 1. The summed E-state index contributed by atoms with van der Waals surface area (Å²) in [5.74, 6) is 0.546. The van der Waals surface area contributed by atoms with Gasteiger partial charge in [-0.3, -0.25) is 4.79 Å². The van der Waals surface area contributed by atoms with Gasteiger partial charge in [-0.15, -0.1) is 0 Å². The van der Waals surface area contributed by atoms with Crippen LogP contribution in [-0.2, 0) is 14.8 Å². The molecule has 31 heavy (non-hydrogen) atoms. The van der Waals surface area contributed by atoms with Gasteiger partial charge >= 0.3 is 0 Å². The van der Waals surface area contributed by atoms with Gasteiger partial charge in [0.15, 0.2) is 5.75 Å². The molecule has 3 rings (SSSR count). The first kappa shape index (κ1) is 22.0. The maximum Gasteiger partial charge on any atom is 0.243 e. The number of para-hydroxylation sites is 2. The van der Waals surface area contributed by atoms with Crippen LogP contribution in [0.15, 0.2) is 77.7 Å². The van der Waals surface area contributed by atoms with Gasteiger partial charge in [-0.1, -0.05) is 29.8 Å². The number of benzene rings is 3. The summed E-state index contributed by atoms with van der Waals surface area (Å²) in [7, 11) is -2.56. The van der Waals surface area contributed by atoms with E-state index in [1.54, 1.807) is 24.3 Å². The molecule has 0 unspecified atom stereocenters. The predicted octanol–water partition coefficient (Wildman–Crippen LogP) is 3.92. The van der Waals surface area contributed by atoms with Crippen molar-refractivity contribution in [1.29, 1.82) is 5.26 Å². The monoisotopic (exact) mass is 435 g/mol. The van der Waals surface area contributed by atoms with E-state index in [0.717, 1.165) is 9.87 Å². The fraction of sp³-hybridized carbons (Fsp3) is 0.130. The minimum atomic E-state index is -3.88. The zero-order chi connectivity index (χ0) is 22.4. The fourth-order valence-electron chi connectivity index (χ4n) is 2.75. The second kappa shape index (κ2) is 9.43. The number of aryl methyl sites for hydroxylation is 1. The van der Waals surface area contributed by atoms with Crippen LogP contribution in [0.2, 0.25) is 0 Å². The Hall–Kier alpha value is -3.67. The maximum atomic E-state index is 12.7. The molecular formula is C23H21N3O4S. The normalized spacial score (nSPS) is 11.0. The van der Waals surface area contributed by atoms with Crippen LogP contribution in [0.1, 0.15) is 11.1 Å². The second-order valence-electron chi connectivity index (χ2n) is 6.86. The Balaban J connectivity index is 1.70. The van der Waals surface area contributed by atoms with E-state index in [1.807, 2.05) is 37.3 Å². The van der Waals surface area contributed by atoms with Crippen molar-refractivity contribution in [2.45, 2.75) is 11.8 Å². The number of amides is 1. The van der Waals surface area contributed by atoms with Crippen molar-refractivity contribution in [3.05, 3.63) is 83.9 Å². The van der Waals surface area contributed by atoms with E-state index in [-0.39, 0.29) is 11.4 Å². The van der Waals surface area contributed by atoms with Gasteiger partial charge in [0, 0.05) is 7.05 Å². The van der Waals surface area contributed by atoms with Crippen molar-refractivity contribution in [3.63, 3.8) is 0 Å². The minimum absolute atomic E-state index is 0.00454. The maximum absolute atomic E-state index is 12.7. The number of sulfonamides is 1.